The summed E-state index contributed by atoms with van der Waals surface area (Å²) in [7, 11) is 0. The van der Waals surface area contributed by atoms with Crippen LogP contribution in [0.25, 0.3) is 0 Å². The average Bonchev–Trinajstić information content (AvgIpc) is 1.79. The van der Waals surface area contributed by atoms with E-state index in [2.05, 4.69) is 35.8 Å². The van der Waals surface area contributed by atoms with Crippen LogP contribution in [0.5, 0.6) is 0 Å². The molecule has 0 atom stereocenters. The summed E-state index contributed by atoms with van der Waals surface area (Å²) < 4.78 is 0. The van der Waals surface area contributed by atoms with Crippen molar-refractivity contribution in [1.29, 1.82) is 0 Å². The van der Waals surface area contributed by atoms with Crippen LogP contribution in [0.2, 0.25) is 0 Å². The second kappa shape index (κ2) is 3.56. The number of likely N-dealkylation sites (tertiary alicyclic amines) is 1. The molecule has 3 heteroatoms. The molecular weight excluding hydrogens is 168 g/mol. The molecule has 2 saturated heterocycles. The van der Waals surface area contributed by atoms with E-state index in [1.165, 1.54) is 24.6 Å². The summed E-state index contributed by atoms with van der Waals surface area (Å²) in [4.78, 5) is 2.52. The van der Waals surface area contributed by atoms with Crippen LogP contribution in [0.15, 0.2) is 0 Å². The minimum atomic E-state index is 0.735. The fourth-order valence-corrected chi connectivity index (χ4v) is 2.37. The lowest BCUT2D eigenvalue weighted by atomic mass is 10.1. The molecular formula is C9H18N2S. The summed E-state index contributed by atoms with van der Waals surface area (Å²) in [6, 6.07) is 2.35. The molecule has 0 aromatic carbocycles. The van der Waals surface area contributed by atoms with E-state index in [-0.39, 0.29) is 0 Å². The van der Waals surface area contributed by atoms with Crippen molar-refractivity contribution in [3.8, 4) is 0 Å². The highest BCUT2D eigenvalue weighted by atomic mass is 32.2. The molecule has 2 aliphatic heterocycles. The Morgan fingerprint density at radius 1 is 1.25 bits per heavy atom. The van der Waals surface area contributed by atoms with Gasteiger partial charge in [-0.3, -0.25) is 4.90 Å². The lowest BCUT2D eigenvalue weighted by molar-refractivity contribution is 0.0875. The fourth-order valence-electron chi connectivity index (χ4n) is 1.70. The molecule has 2 rings (SSSR count). The first kappa shape index (κ1) is 8.85. The minimum absolute atomic E-state index is 0.735. The first-order valence-corrected chi connectivity index (χ1v) is 5.99. The molecule has 0 aliphatic carbocycles. The molecule has 2 aliphatic rings. The van der Waals surface area contributed by atoms with Gasteiger partial charge in [-0.05, 0) is 13.8 Å². The predicted octanol–water partition coefficient (Wildman–Crippen LogP) is 0.784. The molecule has 2 nitrogen and oxygen atoms in total. The van der Waals surface area contributed by atoms with Gasteiger partial charge in [-0.1, -0.05) is 0 Å². The lowest BCUT2D eigenvalue weighted by Gasteiger charge is -2.45. The van der Waals surface area contributed by atoms with Gasteiger partial charge in [-0.15, -0.1) is 0 Å². The van der Waals surface area contributed by atoms with Crippen molar-refractivity contribution in [2.45, 2.75) is 32.0 Å². The van der Waals surface area contributed by atoms with Crippen LogP contribution < -0.4 is 5.32 Å². The van der Waals surface area contributed by atoms with E-state index in [4.69, 9.17) is 0 Å². The van der Waals surface area contributed by atoms with E-state index < -0.39 is 0 Å². The third-order valence-electron chi connectivity index (χ3n) is 2.75. The Balaban J connectivity index is 1.61. The van der Waals surface area contributed by atoms with Gasteiger partial charge < -0.3 is 5.32 Å². The Morgan fingerprint density at radius 3 is 2.33 bits per heavy atom. The number of nitrogens with zero attached hydrogens (tertiary/aromatic N) is 1. The summed E-state index contributed by atoms with van der Waals surface area (Å²) >= 11 is 2.05. The molecule has 0 amide bonds. The Morgan fingerprint density at radius 2 is 1.92 bits per heavy atom. The van der Waals surface area contributed by atoms with Gasteiger partial charge >= 0.3 is 0 Å². The van der Waals surface area contributed by atoms with Gasteiger partial charge in [0.25, 0.3) is 0 Å². The highest BCUT2D eigenvalue weighted by molar-refractivity contribution is 8.00. The Kier molecular flexibility index (Phi) is 2.63. The molecule has 0 spiro atoms. The molecule has 0 bridgehead atoms. The summed E-state index contributed by atoms with van der Waals surface area (Å²) in [5.74, 6) is 2.66. The van der Waals surface area contributed by atoms with E-state index in [1.54, 1.807) is 0 Å². The fraction of sp³-hybridized carbons (Fsp3) is 1.00. The van der Waals surface area contributed by atoms with Gasteiger partial charge in [0.2, 0.25) is 0 Å². The number of thioether (sulfide) groups is 1. The molecule has 1 N–H and O–H groups in total. The van der Waals surface area contributed by atoms with Crippen molar-refractivity contribution in [3.63, 3.8) is 0 Å². The van der Waals surface area contributed by atoms with Crippen LogP contribution in [-0.2, 0) is 0 Å². The van der Waals surface area contributed by atoms with Crippen molar-refractivity contribution in [2.24, 2.45) is 0 Å². The predicted molar refractivity (Wildman–Crippen MR) is 54.7 cm³/mol. The zero-order chi connectivity index (χ0) is 8.55. The van der Waals surface area contributed by atoms with Crippen LogP contribution >= 0.6 is 11.8 Å². The van der Waals surface area contributed by atoms with Crippen LogP contribution in [0, 0.1) is 0 Å². The standard InChI is InChI=1S/C9H18N2S/c1-7(2)11-3-8(4-11)10-9-5-12-6-9/h7-10H,3-6H2,1-2H3. The van der Waals surface area contributed by atoms with E-state index in [0.717, 1.165) is 18.1 Å². The zero-order valence-corrected chi connectivity index (χ0v) is 8.73. The molecule has 0 aromatic rings. The normalized spacial score (nSPS) is 27.2. The number of hydrogen-bond acceptors (Lipinski definition) is 3. The van der Waals surface area contributed by atoms with Gasteiger partial charge in [0.05, 0.1) is 0 Å². The van der Waals surface area contributed by atoms with Gasteiger partial charge in [0.1, 0.15) is 0 Å². The minimum Gasteiger partial charge on any atom is -0.307 e. The quantitative estimate of drug-likeness (QED) is 0.701. The van der Waals surface area contributed by atoms with Crippen LogP contribution in [0.3, 0.4) is 0 Å². The first-order chi connectivity index (χ1) is 5.75. The van der Waals surface area contributed by atoms with Crippen LogP contribution in [-0.4, -0.2) is 47.6 Å². The second-order valence-corrected chi connectivity index (χ2v) is 5.22. The maximum Gasteiger partial charge on any atom is 0.0325 e. The maximum atomic E-state index is 3.68. The van der Waals surface area contributed by atoms with E-state index >= 15 is 0 Å². The highest BCUT2D eigenvalue weighted by Gasteiger charge is 2.31. The Bertz CT molecular complexity index is 151. The zero-order valence-electron chi connectivity index (χ0n) is 7.92. The largest absolute Gasteiger partial charge is 0.307 e. The summed E-state index contributed by atoms with van der Waals surface area (Å²) in [5.41, 5.74) is 0. The smallest absolute Gasteiger partial charge is 0.0325 e. The molecule has 0 aromatic heterocycles. The lowest BCUT2D eigenvalue weighted by Crippen LogP contribution is -2.63. The SMILES string of the molecule is CC(C)N1CC(NC2CSC2)C1. The van der Waals surface area contributed by atoms with Crippen molar-refractivity contribution in [2.75, 3.05) is 24.6 Å². The first-order valence-electron chi connectivity index (χ1n) is 4.83. The second-order valence-electron chi connectivity index (χ2n) is 4.15. The molecule has 0 saturated carbocycles. The van der Waals surface area contributed by atoms with Crippen molar-refractivity contribution >= 4 is 11.8 Å². The molecule has 12 heavy (non-hydrogen) atoms. The Hall–Kier alpha value is 0.270. The van der Waals surface area contributed by atoms with Crippen LogP contribution in [0.1, 0.15) is 13.8 Å². The van der Waals surface area contributed by atoms with Crippen LogP contribution in [0.4, 0.5) is 0 Å². The van der Waals surface area contributed by atoms with Gasteiger partial charge in [-0.25, -0.2) is 0 Å². The molecule has 0 unspecified atom stereocenters. The highest BCUT2D eigenvalue weighted by Crippen LogP contribution is 2.20. The third-order valence-corrected chi connectivity index (χ3v) is 4.03. The molecule has 70 valence electrons. The van der Waals surface area contributed by atoms with Gasteiger partial charge in [0, 0.05) is 42.7 Å². The van der Waals surface area contributed by atoms with E-state index in [1.807, 2.05) is 0 Å². The molecule has 2 heterocycles. The van der Waals surface area contributed by atoms with E-state index in [9.17, 15) is 0 Å². The van der Waals surface area contributed by atoms with Gasteiger partial charge in [-0.2, -0.15) is 11.8 Å². The maximum absolute atomic E-state index is 3.68. The summed E-state index contributed by atoms with van der Waals surface area (Å²) in [5, 5.41) is 3.68. The topological polar surface area (TPSA) is 15.3 Å². The van der Waals surface area contributed by atoms with Crippen molar-refractivity contribution < 1.29 is 0 Å². The van der Waals surface area contributed by atoms with Gasteiger partial charge in [0.15, 0.2) is 0 Å². The van der Waals surface area contributed by atoms with Crippen molar-refractivity contribution in [3.05, 3.63) is 0 Å². The van der Waals surface area contributed by atoms with E-state index in [0.29, 0.717) is 0 Å². The third kappa shape index (κ3) is 1.78. The monoisotopic (exact) mass is 186 g/mol. The molecule has 2 fully saturated rings. The molecule has 0 radical (unpaired) electrons. The number of hydrogen-bond donors (Lipinski definition) is 1. The summed E-state index contributed by atoms with van der Waals surface area (Å²) in [6.45, 7) is 7.07. The number of rotatable bonds is 3. The average molecular weight is 186 g/mol. The Labute approximate surface area is 79.1 Å². The summed E-state index contributed by atoms with van der Waals surface area (Å²) in [6.07, 6.45) is 0. The number of nitrogens with one attached hydrogen (secondary N) is 1. The van der Waals surface area contributed by atoms with Crippen molar-refractivity contribution in [1.82, 2.24) is 10.2 Å².